The minimum Gasteiger partial charge on any atom is -0.330 e. The SMILES string of the molecule is NCC1CCN(C(=O)Nc2cccc(F)c2)C1. The van der Waals surface area contributed by atoms with Crippen LogP contribution in [-0.2, 0) is 0 Å². The smallest absolute Gasteiger partial charge is 0.321 e. The predicted octanol–water partition coefficient (Wildman–Crippen LogP) is 1.64. The molecule has 0 aromatic heterocycles. The molecule has 4 nitrogen and oxygen atoms in total. The van der Waals surface area contributed by atoms with Gasteiger partial charge in [-0.25, -0.2) is 9.18 Å². The standard InChI is InChI=1S/C12H16FN3O/c13-10-2-1-3-11(6-10)15-12(17)16-5-4-9(7-14)8-16/h1-3,6,9H,4-5,7-8,14H2,(H,15,17). The van der Waals surface area contributed by atoms with Crippen LogP contribution in [0.3, 0.4) is 0 Å². The zero-order valence-electron chi connectivity index (χ0n) is 9.53. The van der Waals surface area contributed by atoms with E-state index in [0.29, 0.717) is 31.2 Å². The van der Waals surface area contributed by atoms with Crippen molar-refractivity contribution in [3.63, 3.8) is 0 Å². The number of likely N-dealkylation sites (tertiary alicyclic amines) is 1. The van der Waals surface area contributed by atoms with Gasteiger partial charge in [-0.05, 0) is 37.1 Å². The maximum atomic E-state index is 12.9. The number of nitrogens with two attached hydrogens (primary N) is 1. The molecule has 1 aromatic rings. The molecule has 0 bridgehead atoms. The number of hydrogen-bond acceptors (Lipinski definition) is 2. The molecular weight excluding hydrogens is 221 g/mol. The lowest BCUT2D eigenvalue weighted by Crippen LogP contribution is -2.33. The molecule has 5 heteroatoms. The van der Waals surface area contributed by atoms with Gasteiger partial charge < -0.3 is 16.0 Å². The van der Waals surface area contributed by atoms with E-state index in [0.717, 1.165) is 6.42 Å². The number of nitrogens with zero attached hydrogens (tertiary/aromatic N) is 1. The van der Waals surface area contributed by atoms with Crippen molar-refractivity contribution < 1.29 is 9.18 Å². The van der Waals surface area contributed by atoms with Crippen LogP contribution >= 0.6 is 0 Å². The summed E-state index contributed by atoms with van der Waals surface area (Å²) in [6.07, 6.45) is 0.938. The molecule has 1 fully saturated rings. The maximum Gasteiger partial charge on any atom is 0.321 e. The number of urea groups is 1. The highest BCUT2D eigenvalue weighted by Crippen LogP contribution is 2.17. The van der Waals surface area contributed by atoms with E-state index in [1.807, 2.05) is 0 Å². The van der Waals surface area contributed by atoms with Crippen LogP contribution in [0, 0.1) is 11.7 Å². The summed E-state index contributed by atoms with van der Waals surface area (Å²) in [5, 5.41) is 2.68. The van der Waals surface area contributed by atoms with Crippen molar-refractivity contribution in [2.75, 3.05) is 25.0 Å². The van der Waals surface area contributed by atoms with E-state index in [1.54, 1.807) is 17.0 Å². The Balaban J connectivity index is 1.93. The fourth-order valence-corrected chi connectivity index (χ4v) is 1.98. The van der Waals surface area contributed by atoms with E-state index in [9.17, 15) is 9.18 Å². The molecule has 17 heavy (non-hydrogen) atoms. The first-order valence-electron chi connectivity index (χ1n) is 5.70. The van der Waals surface area contributed by atoms with Crippen LogP contribution in [-0.4, -0.2) is 30.6 Å². The van der Waals surface area contributed by atoms with Gasteiger partial charge in [-0.3, -0.25) is 0 Å². The third-order valence-electron chi connectivity index (χ3n) is 2.98. The lowest BCUT2D eigenvalue weighted by molar-refractivity contribution is 0.221. The Labute approximate surface area is 99.6 Å². The van der Waals surface area contributed by atoms with E-state index in [2.05, 4.69) is 5.32 Å². The number of rotatable bonds is 2. The topological polar surface area (TPSA) is 58.4 Å². The summed E-state index contributed by atoms with van der Waals surface area (Å²) in [6.45, 7) is 1.99. The minimum atomic E-state index is -0.357. The molecular formula is C12H16FN3O. The van der Waals surface area contributed by atoms with E-state index in [-0.39, 0.29) is 11.8 Å². The van der Waals surface area contributed by atoms with Crippen LogP contribution in [0.5, 0.6) is 0 Å². The molecule has 2 rings (SSSR count). The summed E-state index contributed by atoms with van der Waals surface area (Å²) in [4.78, 5) is 13.5. The summed E-state index contributed by atoms with van der Waals surface area (Å²) < 4.78 is 12.9. The number of carbonyl (C=O) groups excluding carboxylic acids is 1. The number of hydrogen-bond donors (Lipinski definition) is 2. The van der Waals surface area contributed by atoms with Crippen LogP contribution in [0.4, 0.5) is 14.9 Å². The third-order valence-corrected chi connectivity index (χ3v) is 2.98. The zero-order chi connectivity index (χ0) is 12.3. The quantitative estimate of drug-likeness (QED) is 0.821. The molecule has 1 aliphatic rings. The van der Waals surface area contributed by atoms with Crippen molar-refractivity contribution in [2.24, 2.45) is 11.7 Å². The maximum absolute atomic E-state index is 12.9. The van der Waals surface area contributed by atoms with Crippen LogP contribution in [0.2, 0.25) is 0 Å². The van der Waals surface area contributed by atoms with Crippen molar-refractivity contribution in [1.82, 2.24) is 4.90 Å². The van der Waals surface area contributed by atoms with Gasteiger partial charge in [-0.1, -0.05) is 6.07 Å². The van der Waals surface area contributed by atoms with Gasteiger partial charge in [0.1, 0.15) is 5.82 Å². The first-order valence-corrected chi connectivity index (χ1v) is 5.70. The number of benzene rings is 1. The first kappa shape index (κ1) is 11.9. The summed E-state index contributed by atoms with van der Waals surface area (Å²) in [5.41, 5.74) is 6.04. The molecule has 1 aromatic carbocycles. The van der Waals surface area contributed by atoms with Gasteiger partial charge in [0, 0.05) is 18.8 Å². The highest BCUT2D eigenvalue weighted by molar-refractivity contribution is 5.89. The molecule has 2 amide bonds. The highest BCUT2D eigenvalue weighted by atomic mass is 19.1. The molecule has 1 saturated heterocycles. The van der Waals surface area contributed by atoms with Crippen molar-refractivity contribution in [3.05, 3.63) is 30.1 Å². The Kier molecular flexibility index (Phi) is 3.58. The number of amides is 2. The zero-order valence-corrected chi connectivity index (χ0v) is 9.53. The Hall–Kier alpha value is -1.62. The van der Waals surface area contributed by atoms with Crippen LogP contribution in [0.25, 0.3) is 0 Å². The van der Waals surface area contributed by atoms with Gasteiger partial charge in [-0.2, -0.15) is 0 Å². The van der Waals surface area contributed by atoms with Gasteiger partial charge in [0.05, 0.1) is 0 Å². The fraction of sp³-hybridized carbons (Fsp3) is 0.417. The lowest BCUT2D eigenvalue weighted by atomic mass is 10.1. The average Bonchev–Trinajstić information content (AvgIpc) is 2.77. The fourth-order valence-electron chi connectivity index (χ4n) is 1.98. The van der Waals surface area contributed by atoms with Crippen LogP contribution in [0.15, 0.2) is 24.3 Å². The minimum absolute atomic E-state index is 0.188. The molecule has 1 aliphatic heterocycles. The normalized spacial score (nSPS) is 19.4. The molecule has 1 unspecified atom stereocenters. The number of halogens is 1. The Morgan fingerprint density at radius 1 is 1.59 bits per heavy atom. The number of nitrogens with one attached hydrogen (secondary N) is 1. The molecule has 0 radical (unpaired) electrons. The summed E-state index contributed by atoms with van der Waals surface area (Å²) in [5.74, 6) is 0.0253. The molecule has 0 aliphatic carbocycles. The predicted molar refractivity (Wildman–Crippen MR) is 64.2 cm³/mol. The van der Waals surface area contributed by atoms with Crippen molar-refractivity contribution in [3.8, 4) is 0 Å². The van der Waals surface area contributed by atoms with Crippen molar-refractivity contribution >= 4 is 11.7 Å². The van der Waals surface area contributed by atoms with Gasteiger partial charge in [0.2, 0.25) is 0 Å². The number of carbonyl (C=O) groups is 1. The van der Waals surface area contributed by atoms with E-state index >= 15 is 0 Å². The van der Waals surface area contributed by atoms with Crippen molar-refractivity contribution in [2.45, 2.75) is 6.42 Å². The van der Waals surface area contributed by atoms with Crippen LogP contribution < -0.4 is 11.1 Å². The molecule has 92 valence electrons. The second kappa shape index (κ2) is 5.14. The average molecular weight is 237 g/mol. The van der Waals surface area contributed by atoms with Gasteiger partial charge in [-0.15, -0.1) is 0 Å². The molecule has 1 atom stereocenters. The summed E-state index contributed by atoms with van der Waals surface area (Å²) >= 11 is 0. The second-order valence-electron chi connectivity index (χ2n) is 4.28. The monoisotopic (exact) mass is 237 g/mol. The van der Waals surface area contributed by atoms with Crippen molar-refractivity contribution in [1.29, 1.82) is 0 Å². The van der Waals surface area contributed by atoms with E-state index in [1.165, 1.54) is 12.1 Å². The highest BCUT2D eigenvalue weighted by Gasteiger charge is 2.25. The second-order valence-corrected chi connectivity index (χ2v) is 4.28. The summed E-state index contributed by atoms with van der Waals surface area (Å²) in [6, 6.07) is 5.69. The third kappa shape index (κ3) is 2.94. The van der Waals surface area contributed by atoms with Crippen LogP contribution in [0.1, 0.15) is 6.42 Å². The molecule has 1 heterocycles. The van der Waals surface area contributed by atoms with Gasteiger partial charge >= 0.3 is 6.03 Å². The molecule has 0 saturated carbocycles. The molecule has 3 N–H and O–H groups in total. The Bertz CT molecular complexity index is 410. The lowest BCUT2D eigenvalue weighted by Gasteiger charge is -2.17. The molecule has 0 spiro atoms. The Morgan fingerprint density at radius 3 is 3.06 bits per heavy atom. The Morgan fingerprint density at radius 2 is 2.41 bits per heavy atom. The van der Waals surface area contributed by atoms with E-state index in [4.69, 9.17) is 5.73 Å². The summed E-state index contributed by atoms with van der Waals surface area (Å²) in [7, 11) is 0. The largest absolute Gasteiger partial charge is 0.330 e. The number of anilines is 1. The van der Waals surface area contributed by atoms with Gasteiger partial charge in [0.15, 0.2) is 0 Å². The van der Waals surface area contributed by atoms with E-state index < -0.39 is 0 Å². The first-order chi connectivity index (χ1) is 8.19. The van der Waals surface area contributed by atoms with Gasteiger partial charge in [0.25, 0.3) is 0 Å².